The van der Waals surface area contributed by atoms with Crippen LogP contribution in [0.5, 0.6) is 0 Å². The maximum absolute atomic E-state index is 12.1. The summed E-state index contributed by atoms with van der Waals surface area (Å²) in [5.41, 5.74) is 11.2. The number of halogens is 3. The van der Waals surface area contributed by atoms with Gasteiger partial charge in [0.25, 0.3) is 5.91 Å². The maximum Gasteiger partial charge on any atom is 0.422 e. The number of alkyl halides is 3. The summed E-state index contributed by atoms with van der Waals surface area (Å²) in [4.78, 5) is 27.5. The molecule has 0 aliphatic rings. The molecule has 28 heavy (non-hydrogen) atoms. The van der Waals surface area contributed by atoms with E-state index in [9.17, 15) is 22.8 Å². The van der Waals surface area contributed by atoms with Crippen LogP contribution in [-0.4, -0.2) is 29.6 Å². The SMILES string of the molecule is CCC(=O)Nc1cc(C(C)NC(=O)/C(N)=C/C=C(\N)OCC(F)(F)F)ccn1. The maximum atomic E-state index is 12.1. The van der Waals surface area contributed by atoms with E-state index in [1.54, 1.807) is 26.0 Å². The largest absolute Gasteiger partial charge is 0.470 e. The molecule has 6 N–H and O–H groups in total. The van der Waals surface area contributed by atoms with Gasteiger partial charge < -0.3 is 26.8 Å². The molecular weight excluding hydrogens is 379 g/mol. The van der Waals surface area contributed by atoms with Crippen molar-refractivity contribution >= 4 is 17.6 Å². The van der Waals surface area contributed by atoms with Crippen LogP contribution >= 0.6 is 0 Å². The van der Waals surface area contributed by atoms with Crippen LogP contribution in [0.2, 0.25) is 0 Å². The monoisotopic (exact) mass is 401 g/mol. The lowest BCUT2D eigenvalue weighted by Gasteiger charge is -2.15. The fraction of sp³-hybridized carbons (Fsp3) is 0.353. The average Bonchev–Trinajstić information content (AvgIpc) is 2.63. The van der Waals surface area contributed by atoms with Crippen molar-refractivity contribution in [2.24, 2.45) is 11.5 Å². The van der Waals surface area contributed by atoms with E-state index in [1.807, 2.05) is 0 Å². The Balaban J connectivity index is 2.70. The molecule has 0 aliphatic heterocycles. The fourth-order valence-electron chi connectivity index (χ4n) is 1.84. The number of anilines is 1. The van der Waals surface area contributed by atoms with Gasteiger partial charge in [-0.1, -0.05) is 6.92 Å². The van der Waals surface area contributed by atoms with Gasteiger partial charge >= 0.3 is 6.18 Å². The van der Waals surface area contributed by atoms with Gasteiger partial charge in [0.05, 0.1) is 11.7 Å². The molecule has 0 aliphatic carbocycles. The van der Waals surface area contributed by atoms with Crippen LogP contribution in [0.4, 0.5) is 19.0 Å². The second kappa shape index (κ2) is 10.2. The highest BCUT2D eigenvalue weighted by atomic mass is 19.4. The highest BCUT2D eigenvalue weighted by Gasteiger charge is 2.28. The third-order valence-corrected chi connectivity index (χ3v) is 3.31. The molecule has 2 amide bonds. The summed E-state index contributed by atoms with van der Waals surface area (Å²) in [5.74, 6) is -1.06. The van der Waals surface area contributed by atoms with Crippen molar-refractivity contribution in [3.05, 3.63) is 47.6 Å². The molecule has 1 aromatic heterocycles. The Kier molecular flexibility index (Phi) is 8.29. The number of carbonyl (C=O) groups excluding carboxylic acids is 2. The van der Waals surface area contributed by atoms with Crippen molar-refractivity contribution in [3.8, 4) is 0 Å². The zero-order chi connectivity index (χ0) is 21.3. The second-order valence-corrected chi connectivity index (χ2v) is 5.67. The van der Waals surface area contributed by atoms with E-state index in [4.69, 9.17) is 11.5 Å². The molecule has 0 radical (unpaired) electrons. The van der Waals surface area contributed by atoms with Gasteiger partial charge in [0, 0.05) is 12.6 Å². The highest BCUT2D eigenvalue weighted by Crippen LogP contribution is 2.16. The van der Waals surface area contributed by atoms with Crippen molar-refractivity contribution in [2.45, 2.75) is 32.5 Å². The minimum Gasteiger partial charge on any atom is -0.470 e. The zero-order valence-electron chi connectivity index (χ0n) is 15.3. The first kappa shape index (κ1) is 22.8. The van der Waals surface area contributed by atoms with Crippen LogP contribution in [0.3, 0.4) is 0 Å². The van der Waals surface area contributed by atoms with Gasteiger partial charge in [0.1, 0.15) is 5.82 Å². The van der Waals surface area contributed by atoms with Crippen molar-refractivity contribution in [1.29, 1.82) is 0 Å². The van der Waals surface area contributed by atoms with Gasteiger partial charge in [-0.3, -0.25) is 9.59 Å². The number of carbonyl (C=O) groups is 2. The number of nitrogens with one attached hydrogen (secondary N) is 2. The highest BCUT2D eigenvalue weighted by molar-refractivity contribution is 5.93. The molecule has 8 nitrogen and oxygen atoms in total. The summed E-state index contributed by atoms with van der Waals surface area (Å²) in [6.45, 7) is 1.83. The van der Waals surface area contributed by atoms with Crippen LogP contribution in [0.1, 0.15) is 31.9 Å². The van der Waals surface area contributed by atoms with E-state index in [0.29, 0.717) is 17.8 Å². The summed E-state index contributed by atoms with van der Waals surface area (Å²) in [7, 11) is 0. The Labute approximate surface area is 159 Å². The minimum absolute atomic E-state index is 0.203. The Bertz CT molecular complexity index is 763. The summed E-state index contributed by atoms with van der Waals surface area (Å²) < 4.78 is 40.4. The Morgan fingerprint density at radius 1 is 1.32 bits per heavy atom. The predicted molar refractivity (Wildman–Crippen MR) is 96.3 cm³/mol. The first-order valence-electron chi connectivity index (χ1n) is 8.21. The molecular formula is C17H22F3N5O3. The van der Waals surface area contributed by atoms with Crippen molar-refractivity contribution in [1.82, 2.24) is 10.3 Å². The molecule has 0 bridgehead atoms. The van der Waals surface area contributed by atoms with Gasteiger partial charge in [-0.15, -0.1) is 0 Å². The number of pyridine rings is 1. The molecule has 1 aromatic rings. The Morgan fingerprint density at radius 2 is 2.00 bits per heavy atom. The van der Waals surface area contributed by atoms with Crippen molar-refractivity contribution in [2.75, 3.05) is 11.9 Å². The Hall–Kier alpha value is -3.24. The first-order chi connectivity index (χ1) is 13.0. The topological polar surface area (TPSA) is 132 Å². The van der Waals surface area contributed by atoms with E-state index in [1.165, 1.54) is 6.20 Å². The fourth-order valence-corrected chi connectivity index (χ4v) is 1.84. The normalized spacial score (nSPS) is 13.6. The van der Waals surface area contributed by atoms with Crippen molar-refractivity contribution in [3.63, 3.8) is 0 Å². The lowest BCUT2D eigenvalue weighted by Crippen LogP contribution is -2.31. The van der Waals surface area contributed by atoms with E-state index < -0.39 is 30.6 Å². The summed E-state index contributed by atoms with van der Waals surface area (Å²) >= 11 is 0. The van der Waals surface area contributed by atoms with E-state index in [2.05, 4.69) is 20.4 Å². The third-order valence-electron chi connectivity index (χ3n) is 3.31. The number of aromatic nitrogens is 1. The van der Waals surface area contributed by atoms with Crippen molar-refractivity contribution < 1.29 is 27.5 Å². The molecule has 1 atom stereocenters. The lowest BCUT2D eigenvalue weighted by molar-refractivity contribution is -0.165. The van der Waals surface area contributed by atoms with E-state index in [0.717, 1.165) is 12.2 Å². The molecule has 154 valence electrons. The number of ether oxygens (including phenoxy) is 1. The van der Waals surface area contributed by atoms with Crippen LogP contribution in [0.15, 0.2) is 42.1 Å². The quantitative estimate of drug-likeness (QED) is 0.298. The molecule has 1 heterocycles. The average molecular weight is 401 g/mol. The van der Waals surface area contributed by atoms with E-state index in [-0.39, 0.29) is 11.6 Å². The summed E-state index contributed by atoms with van der Waals surface area (Å²) in [5, 5.41) is 5.21. The molecule has 0 spiro atoms. The second-order valence-electron chi connectivity index (χ2n) is 5.67. The number of nitrogens with zero attached hydrogens (tertiary/aromatic N) is 1. The lowest BCUT2D eigenvalue weighted by atomic mass is 10.1. The van der Waals surface area contributed by atoms with Crippen LogP contribution < -0.4 is 22.1 Å². The smallest absolute Gasteiger partial charge is 0.422 e. The molecule has 0 aromatic carbocycles. The number of hydrogen-bond acceptors (Lipinski definition) is 6. The molecule has 1 rings (SSSR count). The molecule has 0 saturated carbocycles. The minimum atomic E-state index is -4.53. The van der Waals surface area contributed by atoms with Crippen LogP contribution in [0, 0.1) is 0 Å². The summed E-state index contributed by atoms with van der Waals surface area (Å²) in [6.07, 6.45) is -0.767. The van der Waals surface area contributed by atoms with Gasteiger partial charge in [0.15, 0.2) is 12.5 Å². The Morgan fingerprint density at radius 3 is 2.61 bits per heavy atom. The standard InChI is InChI=1S/C17H22F3N5O3/c1-3-15(26)25-14-8-11(6-7-23-14)10(2)24-16(27)12(21)4-5-13(22)28-9-17(18,19)20/h4-8,10H,3,9,21-22H2,1-2H3,(H,24,27)(H,23,25,26)/b12-4-,13-5+. The summed E-state index contributed by atoms with van der Waals surface area (Å²) in [6, 6.07) is 2.76. The van der Waals surface area contributed by atoms with Gasteiger partial charge in [-0.2, -0.15) is 13.2 Å². The zero-order valence-corrected chi connectivity index (χ0v) is 15.3. The van der Waals surface area contributed by atoms with Crippen LogP contribution in [-0.2, 0) is 14.3 Å². The number of nitrogens with two attached hydrogens (primary N) is 2. The molecule has 0 saturated heterocycles. The van der Waals surface area contributed by atoms with E-state index >= 15 is 0 Å². The number of amides is 2. The molecule has 0 fully saturated rings. The van der Waals surface area contributed by atoms with Gasteiger partial charge in [0.2, 0.25) is 5.91 Å². The van der Waals surface area contributed by atoms with Gasteiger partial charge in [-0.25, -0.2) is 4.98 Å². The third kappa shape index (κ3) is 8.43. The molecule has 1 unspecified atom stereocenters. The predicted octanol–water partition coefficient (Wildman–Crippen LogP) is 1.83. The molecule has 11 heteroatoms. The van der Waals surface area contributed by atoms with Crippen LogP contribution in [0.25, 0.3) is 0 Å². The number of rotatable bonds is 8. The first-order valence-corrected chi connectivity index (χ1v) is 8.21. The number of hydrogen-bond donors (Lipinski definition) is 4. The number of allylic oxidation sites excluding steroid dienone is 2. The van der Waals surface area contributed by atoms with Gasteiger partial charge in [-0.05, 0) is 36.8 Å².